The van der Waals surface area contributed by atoms with Gasteiger partial charge in [-0.2, -0.15) is 0 Å². The molecule has 1 atom stereocenters. The molecule has 1 fully saturated rings. The van der Waals surface area contributed by atoms with Crippen molar-refractivity contribution >= 4 is 34.4 Å². The molecule has 2 aliphatic rings. The Bertz CT molecular complexity index is 1250. The number of carbonyl (C=O) groups is 4. The number of hydrogen-bond donors (Lipinski definition) is 0. The second kappa shape index (κ2) is 8.16. The van der Waals surface area contributed by atoms with E-state index in [0.29, 0.717) is 42.9 Å². The van der Waals surface area contributed by atoms with Crippen molar-refractivity contribution < 1.29 is 19.2 Å². The van der Waals surface area contributed by atoms with Crippen molar-refractivity contribution in [2.75, 3.05) is 26.2 Å². The number of benzene rings is 3. The first kappa shape index (κ1) is 20.9. The fourth-order valence-electron chi connectivity index (χ4n) is 4.65. The van der Waals surface area contributed by atoms with Crippen molar-refractivity contribution in [3.63, 3.8) is 0 Å². The maximum absolute atomic E-state index is 13.2. The molecule has 0 aliphatic carbocycles. The second-order valence-corrected chi connectivity index (χ2v) is 8.35. The fourth-order valence-corrected chi connectivity index (χ4v) is 4.65. The first-order valence-corrected chi connectivity index (χ1v) is 11.0. The Morgan fingerprint density at radius 2 is 1.27 bits per heavy atom. The van der Waals surface area contributed by atoms with Gasteiger partial charge in [0.15, 0.2) is 0 Å². The largest absolute Gasteiger partial charge is 0.337 e. The molecule has 0 bridgehead atoms. The summed E-state index contributed by atoms with van der Waals surface area (Å²) in [5.41, 5.74) is 1.30. The van der Waals surface area contributed by atoms with E-state index in [1.807, 2.05) is 42.5 Å². The van der Waals surface area contributed by atoms with Gasteiger partial charge in [0.2, 0.25) is 5.91 Å². The normalized spacial score (nSPS) is 16.8. The van der Waals surface area contributed by atoms with E-state index in [1.165, 1.54) is 0 Å². The van der Waals surface area contributed by atoms with Crippen LogP contribution in [0.2, 0.25) is 0 Å². The number of fused-ring (bicyclic) bond motifs is 2. The molecule has 0 spiro atoms. The zero-order chi connectivity index (χ0) is 23.1. The molecule has 166 valence electrons. The lowest BCUT2D eigenvalue weighted by molar-refractivity contribution is -0.136. The first-order valence-electron chi connectivity index (χ1n) is 11.0. The third-order valence-electron chi connectivity index (χ3n) is 6.47. The minimum atomic E-state index is -0.905. The number of rotatable bonds is 3. The lowest BCUT2D eigenvalue weighted by atomic mass is 10.0. The monoisotopic (exact) mass is 441 g/mol. The maximum atomic E-state index is 13.2. The van der Waals surface area contributed by atoms with E-state index in [4.69, 9.17) is 0 Å². The van der Waals surface area contributed by atoms with Crippen molar-refractivity contribution in [3.05, 3.63) is 83.4 Å². The van der Waals surface area contributed by atoms with Crippen LogP contribution in [-0.4, -0.2) is 70.5 Å². The maximum Gasteiger partial charge on any atom is 0.262 e. The number of amides is 4. The average molecular weight is 441 g/mol. The van der Waals surface area contributed by atoms with Gasteiger partial charge in [-0.25, -0.2) is 0 Å². The average Bonchev–Trinajstić information content (AvgIpc) is 3.12. The van der Waals surface area contributed by atoms with E-state index in [2.05, 4.69) is 0 Å². The van der Waals surface area contributed by atoms with E-state index >= 15 is 0 Å². The molecule has 7 nitrogen and oxygen atoms in total. The Balaban J connectivity index is 1.27. The van der Waals surface area contributed by atoms with Crippen LogP contribution >= 0.6 is 0 Å². The van der Waals surface area contributed by atoms with Gasteiger partial charge in [-0.1, -0.05) is 48.5 Å². The Morgan fingerprint density at radius 3 is 1.94 bits per heavy atom. The highest BCUT2D eigenvalue weighted by molar-refractivity contribution is 6.22. The predicted octanol–water partition coefficient (Wildman–Crippen LogP) is 2.81. The van der Waals surface area contributed by atoms with Crippen molar-refractivity contribution in [2.45, 2.75) is 13.0 Å². The zero-order valence-electron chi connectivity index (χ0n) is 18.2. The SMILES string of the molecule is CC(C(=O)N1CCN(C(=O)c2cccc3ccccc23)CC1)N1C(=O)c2ccccc2C1=O. The van der Waals surface area contributed by atoms with Crippen LogP contribution < -0.4 is 0 Å². The summed E-state index contributed by atoms with van der Waals surface area (Å²) in [6.45, 7) is 3.06. The van der Waals surface area contributed by atoms with Gasteiger partial charge in [-0.3, -0.25) is 24.1 Å². The standard InChI is InChI=1S/C26H23N3O4/c1-17(29-25(32)21-10-4-5-11-22(21)26(29)33)23(30)27-13-15-28(16-14-27)24(31)20-12-6-8-18-7-2-3-9-19(18)20/h2-12,17H,13-16H2,1H3. The highest BCUT2D eigenvalue weighted by Crippen LogP contribution is 2.26. The van der Waals surface area contributed by atoms with Gasteiger partial charge in [-0.15, -0.1) is 0 Å². The molecule has 33 heavy (non-hydrogen) atoms. The Hall–Kier alpha value is -4.00. The molecule has 1 saturated heterocycles. The molecule has 0 N–H and O–H groups in total. The second-order valence-electron chi connectivity index (χ2n) is 8.35. The van der Waals surface area contributed by atoms with Gasteiger partial charge >= 0.3 is 0 Å². The number of piperazine rings is 1. The molecule has 1 unspecified atom stereocenters. The molecule has 5 rings (SSSR count). The first-order chi connectivity index (χ1) is 16.0. The minimum absolute atomic E-state index is 0.0627. The van der Waals surface area contributed by atoms with E-state index in [0.717, 1.165) is 15.7 Å². The van der Waals surface area contributed by atoms with Gasteiger partial charge in [-0.05, 0) is 35.9 Å². The van der Waals surface area contributed by atoms with Gasteiger partial charge in [0.05, 0.1) is 11.1 Å². The molecule has 3 aromatic carbocycles. The summed E-state index contributed by atoms with van der Waals surface area (Å²) in [5.74, 6) is -1.24. The van der Waals surface area contributed by atoms with Crippen LogP contribution in [0, 0.1) is 0 Å². The van der Waals surface area contributed by atoms with Gasteiger partial charge in [0.25, 0.3) is 17.7 Å². The smallest absolute Gasteiger partial charge is 0.262 e. The zero-order valence-corrected chi connectivity index (χ0v) is 18.2. The summed E-state index contributed by atoms with van der Waals surface area (Å²) < 4.78 is 0. The van der Waals surface area contributed by atoms with Crippen molar-refractivity contribution in [1.29, 1.82) is 0 Å². The molecule has 0 radical (unpaired) electrons. The summed E-state index contributed by atoms with van der Waals surface area (Å²) in [4.78, 5) is 56.2. The van der Waals surface area contributed by atoms with Crippen LogP contribution in [0.3, 0.4) is 0 Å². The van der Waals surface area contributed by atoms with Crippen molar-refractivity contribution in [1.82, 2.24) is 14.7 Å². The van der Waals surface area contributed by atoms with Crippen LogP contribution in [0.15, 0.2) is 66.7 Å². The van der Waals surface area contributed by atoms with Gasteiger partial charge < -0.3 is 9.80 Å². The van der Waals surface area contributed by atoms with Crippen LogP contribution in [-0.2, 0) is 4.79 Å². The van der Waals surface area contributed by atoms with E-state index < -0.39 is 17.9 Å². The molecule has 2 heterocycles. The number of hydrogen-bond acceptors (Lipinski definition) is 4. The van der Waals surface area contributed by atoms with Crippen LogP contribution in [0.4, 0.5) is 0 Å². The summed E-state index contributed by atoms with van der Waals surface area (Å²) >= 11 is 0. The molecule has 4 amide bonds. The molecule has 7 heteroatoms. The Morgan fingerprint density at radius 1 is 0.727 bits per heavy atom. The third-order valence-corrected chi connectivity index (χ3v) is 6.47. The van der Waals surface area contributed by atoms with Gasteiger partial charge in [0.1, 0.15) is 6.04 Å². The third kappa shape index (κ3) is 3.46. The minimum Gasteiger partial charge on any atom is -0.337 e. The number of imide groups is 1. The van der Waals surface area contributed by atoms with Crippen molar-refractivity contribution in [3.8, 4) is 0 Å². The van der Waals surface area contributed by atoms with E-state index in [1.54, 1.807) is 41.0 Å². The number of carbonyl (C=O) groups excluding carboxylic acids is 4. The van der Waals surface area contributed by atoms with Crippen LogP contribution in [0.25, 0.3) is 10.8 Å². The lowest BCUT2D eigenvalue weighted by Crippen LogP contribution is -2.56. The van der Waals surface area contributed by atoms with Crippen molar-refractivity contribution in [2.24, 2.45) is 0 Å². The highest BCUT2D eigenvalue weighted by Gasteiger charge is 2.42. The summed E-state index contributed by atoms with van der Waals surface area (Å²) in [6.07, 6.45) is 0. The fraction of sp³-hybridized carbons (Fsp3) is 0.231. The summed E-state index contributed by atoms with van der Waals surface area (Å²) in [7, 11) is 0. The summed E-state index contributed by atoms with van der Waals surface area (Å²) in [5, 5.41) is 1.91. The molecule has 2 aliphatic heterocycles. The topological polar surface area (TPSA) is 78.0 Å². The Labute approximate surface area is 191 Å². The highest BCUT2D eigenvalue weighted by atomic mass is 16.2. The lowest BCUT2D eigenvalue weighted by Gasteiger charge is -2.37. The summed E-state index contributed by atoms with van der Waals surface area (Å²) in [6, 6.07) is 19.1. The van der Waals surface area contributed by atoms with E-state index in [-0.39, 0.29) is 11.8 Å². The van der Waals surface area contributed by atoms with E-state index in [9.17, 15) is 19.2 Å². The molecular weight excluding hydrogens is 418 g/mol. The van der Waals surface area contributed by atoms with Crippen LogP contribution in [0.1, 0.15) is 38.0 Å². The molecule has 0 aromatic heterocycles. The molecule has 0 saturated carbocycles. The molecule has 3 aromatic rings. The van der Waals surface area contributed by atoms with Gasteiger partial charge in [0, 0.05) is 31.7 Å². The predicted molar refractivity (Wildman–Crippen MR) is 123 cm³/mol. The quantitative estimate of drug-likeness (QED) is 0.586. The number of nitrogens with zero attached hydrogens (tertiary/aromatic N) is 3. The van der Waals surface area contributed by atoms with Crippen LogP contribution in [0.5, 0.6) is 0 Å². The Kier molecular flexibility index (Phi) is 5.17. The molecular formula is C26H23N3O4.